The summed E-state index contributed by atoms with van der Waals surface area (Å²) in [5.74, 6) is 0.745. The first-order valence-electron chi connectivity index (χ1n) is 8.52. The van der Waals surface area contributed by atoms with Crippen molar-refractivity contribution in [3.8, 4) is 5.69 Å². The van der Waals surface area contributed by atoms with Crippen molar-refractivity contribution in [1.82, 2.24) is 9.78 Å². The number of carbonyl (C=O) groups is 1. The summed E-state index contributed by atoms with van der Waals surface area (Å²) in [6.07, 6.45) is 3.58. The molecule has 2 aromatic carbocycles. The van der Waals surface area contributed by atoms with Gasteiger partial charge in [-0.25, -0.2) is 4.68 Å². The standard InChI is InChI=1S/C20H17ClN4OS/c1-14-13-27-20(23-14)25(18-9-5-16(21)6-10-18)19(26)15-3-7-17(8-4-15)24-12-2-11-22-24/h2-12,14H,13H2,1H3. The molecule has 0 fully saturated rings. The summed E-state index contributed by atoms with van der Waals surface area (Å²) < 4.78 is 1.75. The fourth-order valence-corrected chi connectivity index (χ4v) is 3.96. The van der Waals surface area contributed by atoms with E-state index < -0.39 is 0 Å². The van der Waals surface area contributed by atoms with E-state index in [-0.39, 0.29) is 11.9 Å². The molecule has 1 amide bonds. The van der Waals surface area contributed by atoms with E-state index in [9.17, 15) is 4.79 Å². The number of thioether (sulfide) groups is 1. The van der Waals surface area contributed by atoms with E-state index in [0.29, 0.717) is 15.8 Å². The van der Waals surface area contributed by atoms with Gasteiger partial charge < -0.3 is 0 Å². The maximum Gasteiger partial charge on any atom is 0.264 e. The van der Waals surface area contributed by atoms with Gasteiger partial charge in [-0.2, -0.15) is 5.10 Å². The fraction of sp³-hybridized carbons (Fsp3) is 0.150. The average molecular weight is 397 g/mol. The number of aromatic nitrogens is 2. The Hall–Kier alpha value is -2.57. The predicted octanol–water partition coefficient (Wildman–Crippen LogP) is 4.66. The molecule has 2 heterocycles. The van der Waals surface area contributed by atoms with Crippen molar-refractivity contribution in [3.63, 3.8) is 0 Å². The highest BCUT2D eigenvalue weighted by Gasteiger charge is 2.27. The minimum atomic E-state index is -0.121. The molecule has 3 aromatic rings. The van der Waals surface area contributed by atoms with Gasteiger partial charge in [-0.15, -0.1) is 0 Å². The van der Waals surface area contributed by atoms with Crippen LogP contribution in [0.15, 0.2) is 72.0 Å². The van der Waals surface area contributed by atoms with E-state index in [2.05, 4.69) is 10.1 Å². The molecule has 5 nitrogen and oxygen atoms in total. The van der Waals surface area contributed by atoms with Gasteiger partial charge in [-0.05, 0) is 61.5 Å². The van der Waals surface area contributed by atoms with Gasteiger partial charge in [-0.1, -0.05) is 23.4 Å². The first-order valence-corrected chi connectivity index (χ1v) is 9.89. The third-order valence-corrected chi connectivity index (χ3v) is 5.59. The zero-order chi connectivity index (χ0) is 18.8. The Bertz CT molecular complexity index is 968. The van der Waals surface area contributed by atoms with E-state index in [1.807, 2.05) is 55.6 Å². The number of hydrogen-bond donors (Lipinski definition) is 0. The highest BCUT2D eigenvalue weighted by atomic mass is 35.5. The lowest BCUT2D eigenvalue weighted by Crippen LogP contribution is -2.34. The third-order valence-electron chi connectivity index (χ3n) is 4.15. The summed E-state index contributed by atoms with van der Waals surface area (Å²) in [6, 6.07) is 16.7. The van der Waals surface area contributed by atoms with Crippen LogP contribution in [0, 0.1) is 0 Å². The Labute approximate surface area is 166 Å². The summed E-state index contributed by atoms with van der Waals surface area (Å²) >= 11 is 7.60. The Morgan fingerprint density at radius 2 is 1.93 bits per heavy atom. The van der Waals surface area contributed by atoms with E-state index in [4.69, 9.17) is 11.6 Å². The van der Waals surface area contributed by atoms with Crippen LogP contribution >= 0.6 is 23.4 Å². The molecule has 0 saturated heterocycles. The first kappa shape index (κ1) is 17.8. The molecular formula is C20H17ClN4OS. The SMILES string of the molecule is CC1CSC(N(C(=O)c2ccc(-n3cccn3)cc2)c2ccc(Cl)cc2)=N1. The average Bonchev–Trinajstić information content (AvgIpc) is 3.36. The van der Waals surface area contributed by atoms with Crippen LogP contribution in [-0.4, -0.2) is 32.7 Å². The molecule has 1 unspecified atom stereocenters. The van der Waals surface area contributed by atoms with Crippen LogP contribution in [0.3, 0.4) is 0 Å². The molecule has 27 heavy (non-hydrogen) atoms. The number of aliphatic imine (C=N–C) groups is 1. The van der Waals surface area contributed by atoms with Gasteiger partial charge in [0, 0.05) is 28.7 Å². The molecule has 1 atom stereocenters. The molecule has 1 aliphatic rings. The molecule has 0 N–H and O–H groups in total. The Morgan fingerprint density at radius 1 is 1.19 bits per heavy atom. The maximum absolute atomic E-state index is 13.3. The molecule has 0 saturated carbocycles. The van der Waals surface area contributed by atoms with Crippen molar-refractivity contribution >= 4 is 40.1 Å². The number of carbonyl (C=O) groups excluding carboxylic acids is 1. The van der Waals surface area contributed by atoms with Gasteiger partial charge in [0.05, 0.1) is 17.4 Å². The molecule has 1 aromatic heterocycles. The number of hydrogen-bond acceptors (Lipinski definition) is 4. The molecule has 136 valence electrons. The Kier molecular flexibility index (Phi) is 5.01. The number of halogens is 1. The lowest BCUT2D eigenvalue weighted by atomic mass is 10.1. The summed E-state index contributed by atoms with van der Waals surface area (Å²) in [5, 5.41) is 5.55. The van der Waals surface area contributed by atoms with Crippen LogP contribution in [0.4, 0.5) is 5.69 Å². The van der Waals surface area contributed by atoms with Crippen molar-refractivity contribution in [2.24, 2.45) is 4.99 Å². The smallest absolute Gasteiger partial charge is 0.264 e. The number of anilines is 1. The normalized spacial score (nSPS) is 16.2. The summed E-state index contributed by atoms with van der Waals surface area (Å²) in [6.45, 7) is 2.05. The molecule has 0 radical (unpaired) electrons. The van der Waals surface area contributed by atoms with E-state index in [0.717, 1.165) is 17.1 Å². The Morgan fingerprint density at radius 3 is 2.52 bits per heavy atom. The van der Waals surface area contributed by atoms with Crippen LogP contribution in [0.25, 0.3) is 5.69 Å². The quantitative estimate of drug-likeness (QED) is 0.646. The molecular weight excluding hydrogens is 380 g/mol. The second-order valence-corrected chi connectivity index (χ2v) is 7.61. The van der Waals surface area contributed by atoms with Crippen molar-refractivity contribution < 1.29 is 4.79 Å². The monoisotopic (exact) mass is 396 g/mol. The predicted molar refractivity (Wildman–Crippen MR) is 111 cm³/mol. The first-order chi connectivity index (χ1) is 13.1. The van der Waals surface area contributed by atoms with Crippen LogP contribution in [0.2, 0.25) is 5.02 Å². The number of amides is 1. The number of amidine groups is 1. The zero-order valence-corrected chi connectivity index (χ0v) is 16.2. The van der Waals surface area contributed by atoms with Gasteiger partial charge in [0.25, 0.3) is 5.91 Å². The van der Waals surface area contributed by atoms with E-state index in [1.54, 1.807) is 39.7 Å². The molecule has 0 bridgehead atoms. The minimum absolute atomic E-state index is 0.121. The summed E-state index contributed by atoms with van der Waals surface area (Å²) in [5.41, 5.74) is 2.24. The van der Waals surface area contributed by atoms with Crippen molar-refractivity contribution in [1.29, 1.82) is 0 Å². The lowest BCUT2D eigenvalue weighted by Gasteiger charge is -2.22. The molecule has 0 aliphatic carbocycles. The second kappa shape index (κ2) is 7.58. The Balaban J connectivity index is 1.68. The van der Waals surface area contributed by atoms with Crippen molar-refractivity contribution in [3.05, 3.63) is 77.6 Å². The molecule has 0 spiro atoms. The zero-order valence-electron chi connectivity index (χ0n) is 14.6. The van der Waals surface area contributed by atoms with Gasteiger partial charge in [-0.3, -0.25) is 14.7 Å². The minimum Gasteiger partial charge on any atom is -0.268 e. The van der Waals surface area contributed by atoms with Gasteiger partial charge >= 0.3 is 0 Å². The van der Waals surface area contributed by atoms with Crippen LogP contribution in [0.1, 0.15) is 17.3 Å². The molecule has 1 aliphatic heterocycles. The van der Waals surface area contributed by atoms with Gasteiger partial charge in [0.15, 0.2) is 5.17 Å². The fourth-order valence-electron chi connectivity index (χ4n) is 2.79. The lowest BCUT2D eigenvalue weighted by molar-refractivity contribution is 0.100. The van der Waals surface area contributed by atoms with Crippen molar-refractivity contribution in [2.45, 2.75) is 13.0 Å². The maximum atomic E-state index is 13.3. The van der Waals surface area contributed by atoms with E-state index >= 15 is 0 Å². The topological polar surface area (TPSA) is 50.5 Å². The van der Waals surface area contributed by atoms with Crippen LogP contribution in [-0.2, 0) is 0 Å². The second-order valence-electron chi connectivity index (χ2n) is 6.19. The number of benzene rings is 2. The third kappa shape index (κ3) is 3.77. The molecule has 4 rings (SSSR count). The van der Waals surface area contributed by atoms with Crippen LogP contribution < -0.4 is 4.90 Å². The summed E-state index contributed by atoms with van der Waals surface area (Å²) in [7, 11) is 0. The van der Waals surface area contributed by atoms with Crippen molar-refractivity contribution in [2.75, 3.05) is 10.7 Å². The number of nitrogens with zero attached hydrogens (tertiary/aromatic N) is 4. The van der Waals surface area contributed by atoms with Gasteiger partial charge in [0.1, 0.15) is 0 Å². The number of rotatable bonds is 3. The largest absolute Gasteiger partial charge is 0.268 e. The summed E-state index contributed by atoms with van der Waals surface area (Å²) in [4.78, 5) is 19.6. The highest BCUT2D eigenvalue weighted by molar-refractivity contribution is 8.14. The van der Waals surface area contributed by atoms with E-state index in [1.165, 1.54) is 0 Å². The molecule has 7 heteroatoms. The van der Waals surface area contributed by atoms with Gasteiger partial charge in [0.2, 0.25) is 0 Å². The van der Waals surface area contributed by atoms with Crippen LogP contribution in [0.5, 0.6) is 0 Å². The highest BCUT2D eigenvalue weighted by Crippen LogP contribution is 2.28.